The van der Waals surface area contributed by atoms with Gasteiger partial charge >= 0.3 is 0 Å². The second-order valence-corrected chi connectivity index (χ2v) is 7.89. The number of aromatic hydroxyl groups is 1. The molecule has 1 fully saturated rings. The number of hydrogen-bond acceptors (Lipinski definition) is 1. The fraction of sp³-hybridized carbons (Fsp3) is 0.667. The Morgan fingerprint density at radius 1 is 1.25 bits per heavy atom. The molecule has 1 N–H and O–H groups in total. The van der Waals surface area contributed by atoms with Crippen molar-refractivity contribution in [2.45, 2.75) is 52.9 Å². The molecule has 0 aliphatic heterocycles. The zero-order chi connectivity index (χ0) is 14.8. The van der Waals surface area contributed by atoms with Crippen LogP contribution in [0.2, 0.25) is 0 Å². The maximum absolute atomic E-state index is 9.61. The van der Waals surface area contributed by atoms with E-state index in [1.165, 1.54) is 31.2 Å². The first-order valence-corrected chi connectivity index (χ1v) is 8.22. The minimum absolute atomic E-state index is 0.219. The summed E-state index contributed by atoms with van der Waals surface area (Å²) < 4.78 is 0. The summed E-state index contributed by atoms with van der Waals surface area (Å²) in [7, 11) is 0. The van der Waals surface area contributed by atoms with Crippen molar-refractivity contribution in [2.75, 3.05) is 5.88 Å². The van der Waals surface area contributed by atoms with Crippen LogP contribution in [0.15, 0.2) is 24.3 Å². The Kier molecular flexibility index (Phi) is 4.69. The minimum Gasteiger partial charge on any atom is -0.508 e. The highest BCUT2D eigenvalue weighted by atomic mass is 35.5. The highest BCUT2D eigenvalue weighted by Gasteiger charge is 2.38. The Morgan fingerprint density at radius 2 is 1.90 bits per heavy atom. The normalized spacial score (nSPS) is 27.5. The number of alkyl halides is 1. The second kappa shape index (κ2) is 5.97. The monoisotopic (exact) mass is 294 g/mol. The lowest BCUT2D eigenvalue weighted by atomic mass is 9.63. The molecule has 112 valence electrons. The van der Waals surface area contributed by atoms with Gasteiger partial charge in [0.15, 0.2) is 0 Å². The predicted octanol–water partition coefficient (Wildman–Crippen LogP) is 5.40. The maximum atomic E-state index is 9.61. The third kappa shape index (κ3) is 3.69. The van der Waals surface area contributed by atoms with Gasteiger partial charge in [0.25, 0.3) is 0 Å². The Labute approximate surface area is 128 Å². The fourth-order valence-corrected chi connectivity index (χ4v) is 3.92. The van der Waals surface area contributed by atoms with Gasteiger partial charge in [0.1, 0.15) is 5.75 Å². The second-order valence-electron chi connectivity index (χ2n) is 7.62. The SMILES string of the molecule is CC(C)(C)C1CCC(CCl)(Cc2cccc(O)c2)CC1. The number of halogens is 1. The maximum Gasteiger partial charge on any atom is 0.115 e. The van der Waals surface area contributed by atoms with Crippen molar-refractivity contribution < 1.29 is 5.11 Å². The molecule has 0 radical (unpaired) electrons. The summed E-state index contributed by atoms with van der Waals surface area (Å²) in [5.74, 6) is 1.89. The molecule has 0 atom stereocenters. The Bertz CT molecular complexity index is 439. The lowest BCUT2D eigenvalue weighted by Crippen LogP contribution is -2.35. The molecule has 1 nitrogen and oxygen atoms in total. The summed E-state index contributed by atoms with van der Waals surface area (Å²) in [6.07, 6.45) is 5.94. The van der Waals surface area contributed by atoms with Crippen LogP contribution in [-0.2, 0) is 6.42 Å². The standard InChI is InChI=1S/C18H27ClO/c1-17(2,3)15-7-9-18(13-19,10-8-15)12-14-5-4-6-16(20)11-14/h4-6,11,15,20H,7-10,12-13H2,1-3H3. The molecule has 1 aliphatic rings. The predicted molar refractivity (Wildman–Crippen MR) is 86.4 cm³/mol. The van der Waals surface area contributed by atoms with Crippen molar-refractivity contribution >= 4 is 11.6 Å². The van der Waals surface area contributed by atoms with E-state index in [0.29, 0.717) is 11.2 Å². The van der Waals surface area contributed by atoms with Gasteiger partial charge in [-0.25, -0.2) is 0 Å². The molecule has 0 heterocycles. The molecule has 2 rings (SSSR count). The van der Waals surface area contributed by atoms with Crippen molar-refractivity contribution in [3.05, 3.63) is 29.8 Å². The molecule has 0 spiro atoms. The summed E-state index contributed by atoms with van der Waals surface area (Å²) >= 11 is 6.33. The first kappa shape index (κ1) is 15.7. The van der Waals surface area contributed by atoms with Gasteiger partial charge in [0.05, 0.1) is 0 Å². The van der Waals surface area contributed by atoms with Crippen LogP contribution in [0.4, 0.5) is 0 Å². The summed E-state index contributed by atoms with van der Waals surface area (Å²) in [6.45, 7) is 7.04. The summed E-state index contributed by atoms with van der Waals surface area (Å²) in [6, 6.07) is 7.63. The van der Waals surface area contributed by atoms with Gasteiger partial charge < -0.3 is 5.11 Å². The van der Waals surface area contributed by atoms with Crippen LogP contribution >= 0.6 is 11.6 Å². The molecule has 1 aromatic rings. The smallest absolute Gasteiger partial charge is 0.115 e. The lowest BCUT2D eigenvalue weighted by molar-refractivity contribution is 0.102. The molecule has 0 bridgehead atoms. The van der Waals surface area contributed by atoms with Crippen molar-refractivity contribution in [1.82, 2.24) is 0 Å². The van der Waals surface area contributed by atoms with Crippen LogP contribution in [0.25, 0.3) is 0 Å². The zero-order valence-corrected chi connectivity index (χ0v) is 13.7. The van der Waals surface area contributed by atoms with E-state index in [4.69, 9.17) is 11.6 Å². The van der Waals surface area contributed by atoms with Crippen LogP contribution in [-0.4, -0.2) is 11.0 Å². The van der Waals surface area contributed by atoms with Crippen molar-refractivity contribution in [3.63, 3.8) is 0 Å². The third-order valence-electron chi connectivity index (χ3n) is 5.04. The number of rotatable bonds is 3. The highest BCUT2D eigenvalue weighted by Crippen LogP contribution is 2.47. The van der Waals surface area contributed by atoms with Gasteiger partial charge in [-0.05, 0) is 66.5 Å². The van der Waals surface area contributed by atoms with E-state index in [-0.39, 0.29) is 5.41 Å². The first-order chi connectivity index (χ1) is 9.35. The molecule has 0 saturated heterocycles. The van der Waals surface area contributed by atoms with Crippen LogP contribution < -0.4 is 0 Å². The van der Waals surface area contributed by atoms with Gasteiger partial charge in [0.2, 0.25) is 0 Å². The van der Waals surface area contributed by atoms with E-state index in [9.17, 15) is 5.11 Å². The number of phenolic OH excluding ortho intramolecular Hbond substituents is 1. The van der Waals surface area contributed by atoms with Crippen LogP contribution in [0.5, 0.6) is 5.75 Å². The Hall–Kier alpha value is -0.690. The fourth-order valence-electron chi connectivity index (χ4n) is 3.55. The van der Waals surface area contributed by atoms with Crippen molar-refractivity contribution in [1.29, 1.82) is 0 Å². The lowest BCUT2D eigenvalue weighted by Gasteiger charge is -2.43. The third-order valence-corrected chi connectivity index (χ3v) is 5.61. The highest BCUT2D eigenvalue weighted by molar-refractivity contribution is 6.18. The Morgan fingerprint density at radius 3 is 2.40 bits per heavy atom. The number of phenols is 1. The average molecular weight is 295 g/mol. The largest absolute Gasteiger partial charge is 0.508 e. The van der Waals surface area contributed by atoms with Crippen molar-refractivity contribution in [2.24, 2.45) is 16.7 Å². The Balaban J connectivity index is 2.05. The molecule has 1 aromatic carbocycles. The quantitative estimate of drug-likeness (QED) is 0.740. The molecule has 0 amide bonds. The van der Waals surface area contributed by atoms with Crippen molar-refractivity contribution in [3.8, 4) is 5.75 Å². The van der Waals surface area contributed by atoms with E-state index in [1.807, 2.05) is 12.1 Å². The van der Waals surface area contributed by atoms with E-state index < -0.39 is 0 Å². The van der Waals surface area contributed by atoms with Gasteiger partial charge in [-0.2, -0.15) is 0 Å². The van der Waals surface area contributed by atoms with Gasteiger partial charge in [-0.1, -0.05) is 32.9 Å². The van der Waals surface area contributed by atoms with E-state index >= 15 is 0 Å². The van der Waals surface area contributed by atoms with Gasteiger partial charge in [-0.3, -0.25) is 0 Å². The molecule has 1 aliphatic carbocycles. The number of benzene rings is 1. The van der Waals surface area contributed by atoms with Gasteiger partial charge in [0, 0.05) is 5.88 Å². The molecule has 0 aromatic heterocycles. The molecule has 2 heteroatoms. The molecular formula is C18H27ClO. The molecule has 1 saturated carbocycles. The molecular weight excluding hydrogens is 268 g/mol. The zero-order valence-electron chi connectivity index (χ0n) is 13.0. The van der Waals surface area contributed by atoms with Crippen LogP contribution in [0.1, 0.15) is 52.0 Å². The molecule has 0 unspecified atom stereocenters. The number of hydrogen-bond donors (Lipinski definition) is 1. The van der Waals surface area contributed by atoms with E-state index in [2.05, 4.69) is 26.8 Å². The molecule has 20 heavy (non-hydrogen) atoms. The van der Waals surface area contributed by atoms with E-state index in [0.717, 1.165) is 18.2 Å². The van der Waals surface area contributed by atoms with Gasteiger partial charge in [-0.15, -0.1) is 11.6 Å². The van der Waals surface area contributed by atoms with E-state index in [1.54, 1.807) is 6.07 Å². The van der Waals surface area contributed by atoms with Crippen LogP contribution in [0, 0.1) is 16.7 Å². The summed E-state index contributed by atoms with van der Waals surface area (Å²) in [5, 5.41) is 9.61. The summed E-state index contributed by atoms with van der Waals surface area (Å²) in [5.41, 5.74) is 1.83. The minimum atomic E-state index is 0.219. The average Bonchev–Trinajstić information content (AvgIpc) is 2.38. The van der Waals surface area contributed by atoms with Crippen LogP contribution in [0.3, 0.4) is 0 Å². The first-order valence-electron chi connectivity index (χ1n) is 7.69. The summed E-state index contributed by atoms with van der Waals surface area (Å²) in [4.78, 5) is 0. The topological polar surface area (TPSA) is 20.2 Å².